The first-order chi connectivity index (χ1) is 9.71. The number of carboxylic acid groups (broad SMARTS) is 1. The van der Waals surface area contributed by atoms with Gasteiger partial charge >= 0.3 is 18.0 Å². The fourth-order valence-corrected chi connectivity index (χ4v) is 1.57. The first-order valence-corrected chi connectivity index (χ1v) is 6.69. The van der Waals surface area contributed by atoms with E-state index in [1.807, 2.05) is 20.8 Å². The lowest BCUT2D eigenvalue weighted by Crippen LogP contribution is -2.49. The van der Waals surface area contributed by atoms with E-state index < -0.39 is 29.6 Å². The molecule has 2 amide bonds. The number of carboxylic acids is 1. The van der Waals surface area contributed by atoms with Gasteiger partial charge in [-0.05, 0) is 27.2 Å². The van der Waals surface area contributed by atoms with Gasteiger partial charge < -0.3 is 25.2 Å². The predicted octanol–water partition coefficient (Wildman–Crippen LogP) is 0.507. The second kappa shape index (κ2) is 9.17. The number of carbonyl (C=O) groups is 3. The van der Waals surface area contributed by atoms with Crippen LogP contribution in [0.25, 0.3) is 0 Å². The smallest absolute Gasteiger partial charge is 0.326 e. The van der Waals surface area contributed by atoms with Gasteiger partial charge in [-0.15, -0.1) is 0 Å². The van der Waals surface area contributed by atoms with Crippen LogP contribution in [0.1, 0.15) is 33.6 Å². The summed E-state index contributed by atoms with van der Waals surface area (Å²) in [6.45, 7) is 6.20. The van der Waals surface area contributed by atoms with Crippen LogP contribution in [0.15, 0.2) is 0 Å². The molecule has 0 saturated carbocycles. The predicted molar refractivity (Wildman–Crippen MR) is 74.9 cm³/mol. The molecule has 8 heteroatoms. The number of hydrogen-bond donors (Lipinski definition) is 3. The van der Waals surface area contributed by atoms with Gasteiger partial charge in [0.05, 0.1) is 12.7 Å². The molecule has 1 atom stereocenters. The Bertz CT molecular complexity index is 370. The Morgan fingerprint density at radius 1 is 1.29 bits per heavy atom. The first kappa shape index (κ1) is 19.2. The van der Waals surface area contributed by atoms with Crippen molar-refractivity contribution in [1.29, 1.82) is 0 Å². The SMILES string of the molecule is CCOC(C)(C)CNC(=O)N[C@@H](CCC(=O)OC)C(=O)O. The number of ether oxygens (including phenoxy) is 2. The lowest BCUT2D eigenvalue weighted by Gasteiger charge is -2.25. The Kier molecular flexibility index (Phi) is 8.37. The Balaban J connectivity index is 4.29. The number of hydrogen-bond acceptors (Lipinski definition) is 5. The van der Waals surface area contributed by atoms with Crippen molar-refractivity contribution >= 4 is 18.0 Å². The van der Waals surface area contributed by atoms with Crippen molar-refractivity contribution < 1.29 is 29.0 Å². The number of urea groups is 1. The van der Waals surface area contributed by atoms with Crippen LogP contribution in [-0.2, 0) is 19.1 Å². The minimum atomic E-state index is -1.21. The minimum absolute atomic E-state index is 0.0374. The number of rotatable bonds is 9. The van der Waals surface area contributed by atoms with Gasteiger partial charge in [-0.2, -0.15) is 0 Å². The zero-order valence-electron chi connectivity index (χ0n) is 12.9. The van der Waals surface area contributed by atoms with Crippen molar-refractivity contribution in [2.75, 3.05) is 20.3 Å². The Morgan fingerprint density at radius 3 is 2.38 bits per heavy atom. The van der Waals surface area contributed by atoms with Crippen LogP contribution < -0.4 is 10.6 Å². The lowest BCUT2D eigenvalue weighted by molar-refractivity contribution is -0.142. The van der Waals surface area contributed by atoms with Gasteiger partial charge in [-0.25, -0.2) is 9.59 Å². The lowest BCUT2D eigenvalue weighted by atomic mass is 10.1. The van der Waals surface area contributed by atoms with Gasteiger partial charge in [0.25, 0.3) is 0 Å². The molecule has 0 spiro atoms. The summed E-state index contributed by atoms with van der Waals surface area (Å²) in [6.07, 6.45) is -0.123. The van der Waals surface area contributed by atoms with Gasteiger partial charge in [0.15, 0.2) is 0 Å². The third-order valence-corrected chi connectivity index (χ3v) is 2.68. The van der Waals surface area contributed by atoms with Crippen LogP contribution in [0, 0.1) is 0 Å². The average molecular weight is 304 g/mol. The molecule has 0 aliphatic heterocycles. The van der Waals surface area contributed by atoms with E-state index in [0.29, 0.717) is 6.61 Å². The first-order valence-electron chi connectivity index (χ1n) is 6.69. The summed E-state index contributed by atoms with van der Waals surface area (Å²) in [5.74, 6) is -1.74. The van der Waals surface area contributed by atoms with Crippen LogP contribution >= 0.6 is 0 Å². The molecule has 0 aliphatic rings. The number of nitrogens with one attached hydrogen (secondary N) is 2. The zero-order valence-corrected chi connectivity index (χ0v) is 12.9. The van der Waals surface area contributed by atoms with Crippen molar-refractivity contribution in [1.82, 2.24) is 10.6 Å². The zero-order chi connectivity index (χ0) is 16.5. The summed E-state index contributed by atoms with van der Waals surface area (Å²) in [5, 5.41) is 13.8. The normalized spacial score (nSPS) is 12.4. The van der Waals surface area contributed by atoms with E-state index in [-0.39, 0.29) is 19.4 Å². The summed E-state index contributed by atoms with van der Waals surface area (Å²) in [4.78, 5) is 33.7. The number of aliphatic carboxylic acids is 1. The van der Waals surface area contributed by atoms with E-state index in [9.17, 15) is 14.4 Å². The maximum Gasteiger partial charge on any atom is 0.326 e. The maximum absolute atomic E-state index is 11.7. The third kappa shape index (κ3) is 8.85. The molecule has 0 aromatic rings. The van der Waals surface area contributed by atoms with Crippen LogP contribution in [-0.4, -0.2) is 55.0 Å². The molecule has 0 bridgehead atoms. The topological polar surface area (TPSA) is 114 Å². The molecular weight excluding hydrogens is 280 g/mol. The van der Waals surface area contributed by atoms with Gasteiger partial charge in [-0.1, -0.05) is 0 Å². The Labute approximate surface area is 124 Å². The molecule has 0 unspecified atom stereocenters. The van der Waals surface area contributed by atoms with Crippen molar-refractivity contribution in [3.8, 4) is 0 Å². The minimum Gasteiger partial charge on any atom is -0.480 e. The van der Waals surface area contributed by atoms with Crippen molar-refractivity contribution in [3.05, 3.63) is 0 Å². The van der Waals surface area contributed by atoms with Crippen LogP contribution in [0.4, 0.5) is 4.79 Å². The van der Waals surface area contributed by atoms with Crippen LogP contribution in [0.5, 0.6) is 0 Å². The Morgan fingerprint density at radius 2 is 1.90 bits per heavy atom. The molecular formula is C13H24N2O6. The molecule has 0 aliphatic carbocycles. The van der Waals surface area contributed by atoms with Crippen molar-refractivity contribution in [3.63, 3.8) is 0 Å². The van der Waals surface area contributed by atoms with Crippen LogP contribution in [0.2, 0.25) is 0 Å². The van der Waals surface area contributed by atoms with E-state index in [1.54, 1.807) is 0 Å². The molecule has 3 N–H and O–H groups in total. The van der Waals surface area contributed by atoms with Gasteiger partial charge in [0.1, 0.15) is 6.04 Å². The summed E-state index contributed by atoms with van der Waals surface area (Å²) in [5.41, 5.74) is -0.545. The van der Waals surface area contributed by atoms with Crippen molar-refractivity contribution in [2.45, 2.75) is 45.3 Å². The molecule has 0 heterocycles. The number of carbonyl (C=O) groups excluding carboxylic acids is 2. The summed E-state index contributed by atoms with van der Waals surface area (Å²) >= 11 is 0. The fraction of sp³-hybridized carbons (Fsp3) is 0.769. The highest BCUT2D eigenvalue weighted by Gasteiger charge is 2.23. The summed E-state index contributed by atoms with van der Waals surface area (Å²) < 4.78 is 9.83. The average Bonchev–Trinajstić information content (AvgIpc) is 2.40. The molecule has 0 saturated heterocycles. The monoisotopic (exact) mass is 304 g/mol. The van der Waals surface area contributed by atoms with Gasteiger partial charge in [-0.3, -0.25) is 4.79 Å². The van der Waals surface area contributed by atoms with Crippen molar-refractivity contribution in [2.24, 2.45) is 0 Å². The Hall–Kier alpha value is -1.83. The second-order valence-electron chi connectivity index (χ2n) is 5.03. The quantitative estimate of drug-likeness (QED) is 0.535. The molecule has 0 aromatic carbocycles. The van der Waals surface area contributed by atoms with Gasteiger partial charge in [0, 0.05) is 19.6 Å². The summed E-state index contributed by atoms with van der Waals surface area (Å²) in [6, 6.07) is -1.78. The fourth-order valence-electron chi connectivity index (χ4n) is 1.57. The molecule has 8 nitrogen and oxygen atoms in total. The standard InChI is InChI=1S/C13H24N2O6/c1-5-21-13(2,3)8-14-12(19)15-9(11(17)18)6-7-10(16)20-4/h9H,5-8H2,1-4H3,(H,17,18)(H2,14,15,19)/t9-/m0/s1. The largest absolute Gasteiger partial charge is 0.480 e. The second-order valence-corrected chi connectivity index (χ2v) is 5.03. The van der Waals surface area contributed by atoms with Crippen LogP contribution in [0.3, 0.4) is 0 Å². The molecule has 0 rings (SSSR count). The highest BCUT2D eigenvalue weighted by molar-refractivity contribution is 5.83. The van der Waals surface area contributed by atoms with E-state index in [4.69, 9.17) is 9.84 Å². The van der Waals surface area contributed by atoms with E-state index in [0.717, 1.165) is 0 Å². The van der Waals surface area contributed by atoms with E-state index >= 15 is 0 Å². The highest BCUT2D eigenvalue weighted by atomic mass is 16.5. The molecule has 122 valence electrons. The molecule has 0 fully saturated rings. The van der Waals surface area contributed by atoms with E-state index in [2.05, 4.69) is 15.4 Å². The molecule has 0 aromatic heterocycles. The number of esters is 1. The molecule has 21 heavy (non-hydrogen) atoms. The maximum atomic E-state index is 11.7. The van der Waals surface area contributed by atoms with Gasteiger partial charge in [0.2, 0.25) is 0 Å². The third-order valence-electron chi connectivity index (χ3n) is 2.68. The van der Waals surface area contributed by atoms with E-state index in [1.165, 1.54) is 7.11 Å². The highest BCUT2D eigenvalue weighted by Crippen LogP contribution is 2.06. The molecule has 0 radical (unpaired) electrons. The summed E-state index contributed by atoms with van der Waals surface area (Å²) in [7, 11) is 1.22. The number of amides is 2. The number of methoxy groups -OCH3 is 1.